The molecular formula is C19H16FNO2S. The van der Waals surface area contributed by atoms with E-state index in [2.05, 4.69) is 4.98 Å². The number of aryl methyl sites for hydroxylation is 1. The van der Waals surface area contributed by atoms with Gasteiger partial charge in [-0.05, 0) is 41.8 Å². The average Bonchev–Trinajstić information content (AvgIpc) is 2.53. The Morgan fingerprint density at radius 3 is 2.38 bits per heavy atom. The van der Waals surface area contributed by atoms with Crippen molar-refractivity contribution in [1.29, 1.82) is 0 Å². The highest BCUT2D eigenvalue weighted by molar-refractivity contribution is 7.90. The summed E-state index contributed by atoms with van der Waals surface area (Å²) in [6.07, 6.45) is 4.34. The first-order chi connectivity index (χ1) is 11.4. The molecular weight excluding hydrogens is 325 g/mol. The van der Waals surface area contributed by atoms with Gasteiger partial charge in [0.05, 0.1) is 0 Å². The van der Waals surface area contributed by atoms with Crippen molar-refractivity contribution in [2.75, 3.05) is 6.26 Å². The van der Waals surface area contributed by atoms with Crippen LogP contribution in [-0.4, -0.2) is 19.7 Å². The van der Waals surface area contributed by atoms with Gasteiger partial charge in [-0.1, -0.05) is 35.9 Å². The van der Waals surface area contributed by atoms with Crippen molar-refractivity contribution in [3.05, 3.63) is 72.3 Å². The topological polar surface area (TPSA) is 47.0 Å². The SMILES string of the molecule is Cc1cccc(-c2ccncc2-c2ccc(S(C)(=O)=O)c(F)c2)c1. The monoisotopic (exact) mass is 341 g/mol. The van der Waals surface area contributed by atoms with Crippen LogP contribution in [0.15, 0.2) is 65.8 Å². The molecule has 2 aromatic carbocycles. The largest absolute Gasteiger partial charge is 0.264 e. The number of aromatic nitrogens is 1. The standard InChI is InChI=1S/C19H16FNO2S/c1-13-4-3-5-14(10-13)16-8-9-21-12-17(16)15-6-7-19(18(20)11-15)24(2,22)23/h3-12H,1-2H3. The summed E-state index contributed by atoms with van der Waals surface area (Å²) >= 11 is 0. The Morgan fingerprint density at radius 2 is 1.71 bits per heavy atom. The molecule has 3 rings (SSSR count). The molecule has 0 saturated heterocycles. The van der Waals surface area contributed by atoms with Crippen LogP contribution in [0.2, 0.25) is 0 Å². The first-order valence-electron chi connectivity index (χ1n) is 7.37. The molecule has 1 heterocycles. The second-order valence-electron chi connectivity index (χ2n) is 5.71. The molecule has 0 spiro atoms. The van der Waals surface area contributed by atoms with Crippen molar-refractivity contribution in [2.24, 2.45) is 0 Å². The molecule has 122 valence electrons. The zero-order chi connectivity index (χ0) is 17.3. The normalized spacial score (nSPS) is 11.5. The van der Waals surface area contributed by atoms with Gasteiger partial charge in [0.25, 0.3) is 0 Å². The minimum absolute atomic E-state index is 0.299. The molecule has 24 heavy (non-hydrogen) atoms. The van der Waals surface area contributed by atoms with Crippen molar-refractivity contribution >= 4 is 9.84 Å². The van der Waals surface area contributed by atoms with E-state index in [9.17, 15) is 12.8 Å². The summed E-state index contributed by atoms with van der Waals surface area (Å²) in [7, 11) is -3.59. The summed E-state index contributed by atoms with van der Waals surface area (Å²) in [6.45, 7) is 2.00. The van der Waals surface area contributed by atoms with Crippen LogP contribution >= 0.6 is 0 Å². The van der Waals surface area contributed by atoms with Crippen molar-refractivity contribution in [3.63, 3.8) is 0 Å². The lowest BCUT2D eigenvalue weighted by atomic mass is 9.96. The van der Waals surface area contributed by atoms with Gasteiger partial charge in [-0.25, -0.2) is 12.8 Å². The van der Waals surface area contributed by atoms with Gasteiger partial charge in [-0.3, -0.25) is 4.98 Å². The molecule has 0 amide bonds. The van der Waals surface area contributed by atoms with Crippen LogP contribution in [0, 0.1) is 12.7 Å². The van der Waals surface area contributed by atoms with Crippen LogP contribution < -0.4 is 0 Å². The lowest BCUT2D eigenvalue weighted by molar-refractivity contribution is 0.571. The number of hydrogen-bond acceptors (Lipinski definition) is 3. The second kappa shape index (κ2) is 6.17. The van der Waals surface area contributed by atoms with Crippen LogP contribution in [0.5, 0.6) is 0 Å². The number of sulfone groups is 1. The first kappa shape index (κ1) is 16.3. The number of halogens is 1. The van der Waals surface area contributed by atoms with E-state index in [-0.39, 0.29) is 4.90 Å². The fraction of sp³-hybridized carbons (Fsp3) is 0.105. The van der Waals surface area contributed by atoms with Gasteiger partial charge in [-0.15, -0.1) is 0 Å². The lowest BCUT2D eigenvalue weighted by Crippen LogP contribution is -2.01. The molecule has 0 N–H and O–H groups in total. The third-order valence-corrected chi connectivity index (χ3v) is 4.92. The molecule has 0 fully saturated rings. The number of benzene rings is 2. The number of hydrogen-bond donors (Lipinski definition) is 0. The Kier molecular flexibility index (Phi) is 4.20. The van der Waals surface area contributed by atoms with E-state index >= 15 is 0 Å². The summed E-state index contributed by atoms with van der Waals surface area (Å²) in [6, 6.07) is 14.0. The van der Waals surface area contributed by atoms with Crippen molar-refractivity contribution in [2.45, 2.75) is 11.8 Å². The molecule has 0 aliphatic rings. The summed E-state index contributed by atoms with van der Waals surface area (Å²) in [4.78, 5) is 3.83. The van der Waals surface area contributed by atoms with Crippen molar-refractivity contribution in [3.8, 4) is 22.3 Å². The van der Waals surface area contributed by atoms with E-state index in [1.165, 1.54) is 12.1 Å². The maximum atomic E-state index is 14.2. The molecule has 0 radical (unpaired) electrons. The van der Waals surface area contributed by atoms with E-state index in [0.717, 1.165) is 28.5 Å². The quantitative estimate of drug-likeness (QED) is 0.715. The molecule has 3 aromatic rings. The molecule has 0 aliphatic carbocycles. The first-order valence-corrected chi connectivity index (χ1v) is 9.26. The maximum Gasteiger partial charge on any atom is 0.178 e. The van der Waals surface area contributed by atoms with Gasteiger partial charge >= 0.3 is 0 Å². The van der Waals surface area contributed by atoms with Crippen LogP contribution in [0.3, 0.4) is 0 Å². The minimum Gasteiger partial charge on any atom is -0.264 e. The molecule has 0 aliphatic heterocycles. The molecule has 5 heteroatoms. The van der Waals surface area contributed by atoms with Gasteiger partial charge in [0.2, 0.25) is 0 Å². The van der Waals surface area contributed by atoms with Crippen LogP contribution in [-0.2, 0) is 9.84 Å². The Morgan fingerprint density at radius 1 is 0.958 bits per heavy atom. The summed E-state index contributed by atoms with van der Waals surface area (Å²) in [5, 5.41) is 0. The highest BCUT2D eigenvalue weighted by Crippen LogP contribution is 2.33. The van der Waals surface area contributed by atoms with E-state index in [1.54, 1.807) is 18.5 Å². The predicted octanol–water partition coefficient (Wildman–Crippen LogP) is 4.27. The lowest BCUT2D eigenvalue weighted by Gasteiger charge is -2.11. The van der Waals surface area contributed by atoms with Crippen LogP contribution in [0.1, 0.15) is 5.56 Å². The third kappa shape index (κ3) is 3.21. The van der Waals surface area contributed by atoms with Crippen LogP contribution in [0.4, 0.5) is 4.39 Å². The Balaban J connectivity index is 2.16. The minimum atomic E-state index is -3.59. The Hall–Kier alpha value is -2.53. The van der Waals surface area contributed by atoms with Crippen LogP contribution in [0.25, 0.3) is 22.3 Å². The summed E-state index contributed by atoms with van der Waals surface area (Å²) < 4.78 is 37.4. The zero-order valence-corrected chi connectivity index (χ0v) is 14.1. The highest BCUT2D eigenvalue weighted by atomic mass is 32.2. The zero-order valence-electron chi connectivity index (χ0n) is 13.3. The predicted molar refractivity (Wildman–Crippen MR) is 92.9 cm³/mol. The van der Waals surface area contributed by atoms with Gasteiger partial charge in [0, 0.05) is 24.2 Å². The van der Waals surface area contributed by atoms with E-state index < -0.39 is 15.7 Å². The number of pyridine rings is 1. The summed E-state index contributed by atoms with van der Waals surface area (Å²) in [5.74, 6) is -0.756. The number of nitrogens with zero attached hydrogens (tertiary/aromatic N) is 1. The second-order valence-corrected chi connectivity index (χ2v) is 7.69. The smallest absolute Gasteiger partial charge is 0.178 e. The van der Waals surface area contributed by atoms with Crippen molar-refractivity contribution in [1.82, 2.24) is 4.98 Å². The van der Waals surface area contributed by atoms with Gasteiger partial charge in [0.1, 0.15) is 10.7 Å². The van der Waals surface area contributed by atoms with E-state index in [0.29, 0.717) is 5.56 Å². The van der Waals surface area contributed by atoms with Gasteiger partial charge in [0.15, 0.2) is 9.84 Å². The molecule has 0 unspecified atom stereocenters. The molecule has 1 aromatic heterocycles. The molecule has 0 bridgehead atoms. The fourth-order valence-corrected chi connectivity index (χ4v) is 3.39. The Bertz CT molecular complexity index is 1010. The molecule has 3 nitrogen and oxygen atoms in total. The fourth-order valence-electron chi connectivity index (χ4n) is 2.66. The molecule has 0 saturated carbocycles. The van der Waals surface area contributed by atoms with Gasteiger partial charge in [-0.2, -0.15) is 0 Å². The van der Waals surface area contributed by atoms with E-state index in [1.807, 2.05) is 37.3 Å². The number of rotatable bonds is 3. The maximum absolute atomic E-state index is 14.2. The highest BCUT2D eigenvalue weighted by Gasteiger charge is 2.16. The van der Waals surface area contributed by atoms with E-state index in [4.69, 9.17) is 0 Å². The van der Waals surface area contributed by atoms with Gasteiger partial charge < -0.3 is 0 Å². The molecule has 0 atom stereocenters. The Labute approximate surface area is 140 Å². The third-order valence-electron chi connectivity index (χ3n) is 3.79. The van der Waals surface area contributed by atoms with Crippen molar-refractivity contribution < 1.29 is 12.8 Å². The average molecular weight is 341 g/mol. The summed E-state index contributed by atoms with van der Waals surface area (Å²) in [5.41, 5.74) is 4.38.